The summed E-state index contributed by atoms with van der Waals surface area (Å²) in [4.78, 5) is 17.5. The van der Waals surface area contributed by atoms with E-state index < -0.39 is 10.0 Å². The minimum atomic E-state index is -3.58. The minimum absolute atomic E-state index is 0.181. The molecule has 3 aromatic rings. The van der Waals surface area contributed by atoms with Crippen LogP contribution in [0.5, 0.6) is 5.75 Å². The number of aryl methyl sites for hydroxylation is 1. The van der Waals surface area contributed by atoms with Gasteiger partial charge in [0.05, 0.1) is 21.2 Å². The van der Waals surface area contributed by atoms with E-state index in [-0.39, 0.29) is 17.4 Å². The second-order valence-corrected chi connectivity index (χ2v) is 10.6. The van der Waals surface area contributed by atoms with Crippen LogP contribution < -0.4 is 10.1 Å². The third-order valence-electron chi connectivity index (χ3n) is 5.22. The Morgan fingerprint density at radius 1 is 1.12 bits per heavy atom. The van der Waals surface area contributed by atoms with Gasteiger partial charge in [-0.15, -0.1) is 11.3 Å². The molecule has 1 aliphatic rings. The molecule has 1 saturated heterocycles. The molecule has 9 heteroatoms. The molecule has 2 heterocycles. The fourth-order valence-electron chi connectivity index (χ4n) is 3.59. The van der Waals surface area contributed by atoms with E-state index in [1.54, 1.807) is 53.8 Å². The average Bonchev–Trinajstić information content (AvgIpc) is 3.23. The van der Waals surface area contributed by atoms with E-state index >= 15 is 0 Å². The molecule has 32 heavy (non-hydrogen) atoms. The molecule has 0 saturated carbocycles. The number of nitrogens with one attached hydrogen (secondary N) is 1. The number of para-hydroxylation sites is 1. The lowest BCUT2D eigenvalue weighted by molar-refractivity contribution is 0.102. The molecule has 4 rings (SSSR count). The van der Waals surface area contributed by atoms with Crippen LogP contribution in [0.2, 0.25) is 0 Å². The molecule has 0 bridgehead atoms. The van der Waals surface area contributed by atoms with Gasteiger partial charge in [-0.2, -0.15) is 4.31 Å². The molecular weight excluding hydrogens is 446 g/mol. The zero-order chi connectivity index (χ0) is 22.6. The van der Waals surface area contributed by atoms with Crippen molar-refractivity contribution in [1.82, 2.24) is 9.29 Å². The summed E-state index contributed by atoms with van der Waals surface area (Å²) in [7, 11) is -3.58. The number of thiazole rings is 1. The van der Waals surface area contributed by atoms with Crippen molar-refractivity contribution in [2.75, 3.05) is 18.4 Å². The second-order valence-electron chi connectivity index (χ2n) is 7.59. The minimum Gasteiger partial charge on any atom is -0.486 e. The highest BCUT2D eigenvalue weighted by atomic mass is 32.2. The monoisotopic (exact) mass is 471 g/mol. The molecule has 1 aromatic heterocycles. The van der Waals surface area contributed by atoms with Crippen molar-refractivity contribution >= 4 is 33.0 Å². The largest absolute Gasteiger partial charge is 0.486 e. The van der Waals surface area contributed by atoms with Crippen LogP contribution >= 0.6 is 11.3 Å². The summed E-state index contributed by atoms with van der Waals surface area (Å²) in [6.07, 6.45) is 2.78. The summed E-state index contributed by atoms with van der Waals surface area (Å²) in [5.74, 6) is 0.0651. The van der Waals surface area contributed by atoms with E-state index in [1.807, 2.05) is 12.3 Å². The first-order valence-corrected chi connectivity index (χ1v) is 12.8. The number of amides is 1. The Bertz CT molecular complexity index is 1200. The third-order valence-corrected chi connectivity index (χ3v) is 7.94. The molecule has 0 atom stereocenters. The molecule has 0 aliphatic carbocycles. The molecule has 2 aromatic carbocycles. The Hall–Kier alpha value is -2.75. The standard InChI is InChI=1S/C23H25N3O4S2/c1-17-24-19(16-31-17)15-30-22-11-4-3-10-21(22)23(27)25-18-8-7-9-20(14-18)32(28,29)26-12-5-2-6-13-26/h3-4,7-11,14,16H,2,5-6,12-13,15H2,1H3,(H,25,27). The predicted molar refractivity (Wildman–Crippen MR) is 125 cm³/mol. The van der Waals surface area contributed by atoms with Gasteiger partial charge in [-0.3, -0.25) is 4.79 Å². The zero-order valence-corrected chi connectivity index (χ0v) is 19.4. The van der Waals surface area contributed by atoms with Crippen LogP contribution in [-0.4, -0.2) is 36.7 Å². The lowest BCUT2D eigenvalue weighted by Crippen LogP contribution is -2.35. The van der Waals surface area contributed by atoms with Crippen molar-refractivity contribution in [2.45, 2.75) is 37.7 Å². The Morgan fingerprint density at radius 3 is 2.66 bits per heavy atom. The van der Waals surface area contributed by atoms with Gasteiger partial charge in [0.2, 0.25) is 10.0 Å². The highest BCUT2D eigenvalue weighted by molar-refractivity contribution is 7.89. The average molecular weight is 472 g/mol. The first-order chi connectivity index (χ1) is 15.4. The molecule has 1 N–H and O–H groups in total. The molecule has 1 amide bonds. The van der Waals surface area contributed by atoms with Crippen molar-refractivity contribution < 1.29 is 17.9 Å². The zero-order valence-electron chi connectivity index (χ0n) is 17.8. The van der Waals surface area contributed by atoms with Crippen LogP contribution in [-0.2, 0) is 16.6 Å². The van der Waals surface area contributed by atoms with E-state index in [0.717, 1.165) is 30.0 Å². The predicted octanol–water partition coefficient (Wildman–Crippen LogP) is 4.46. The molecular formula is C23H25N3O4S2. The van der Waals surface area contributed by atoms with Gasteiger partial charge in [0.1, 0.15) is 12.4 Å². The quantitative estimate of drug-likeness (QED) is 0.550. The number of nitrogens with zero attached hydrogens (tertiary/aromatic N) is 2. The number of anilines is 1. The summed E-state index contributed by atoms with van der Waals surface area (Å²) in [5, 5.41) is 5.68. The topological polar surface area (TPSA) is 88.6 Å². The molecule has 1 fully saturated rings. The number of carbonyl (C=O) groups excluding carboxylic acids is 1. The summed E-state index contributed by atoms with van der Waals surface area (Å²) < 4.78 is 33.3. The number of hydrogen-bond donors (Lipinski definition) is 1. The molecule has 7 nitrogen and oxygen atoms in total. The Kier molecular flexibility index (Phi) is 6.88. The summed E-state index contributed by atoms with van der Waals surface area (Å²) in [6.45, 7) is 3.25. The second kappa shape index (κ2) is 9.81. The number of benzene rings is 2. The normalized spacial score (nSPS) is 14.8. The van der Waals surface area contributed by atoms with Gasteiger partial charge in [-0.25, -0.2) is 13.4 Å². The summed E-state index contributed by atoms with van der Waals surface area (Å²) in [5.41, 5.74) is 1.58. The van der Waals surface area contributed by atoms with E-state index in [0.29, 0.717) is 30.1 Å². The maximum absolute atomic E-state index is 13.0. The van der Waals surface area contributed by atoms with E-state index in [9.17, 15) is 13.2 Å². The van der Waals surface area contributed by atoms with Crippen LogP contribution in [0.15, 0.2) is 58.8 Å². The van der Waals surface area contributed by atoms with Gasteiger partial charge in [-0.05, 0) is 50.1 Å². The number of aromatic nitrogens is 1. The van der Waals surface area contributed by atoms with Gasteiger partial charge in [0, 0.05) is 24.2 Å². The van der Waals surface area contributed by atoms with E-state index in [2.05, 4.69) is 10.3 Å². The Labute approximate surface area is 192 Å². The van der Waals surface area contributed by atoms with Crippen molar-refractivity contribution in [3.05, 3.63) is 70.2 Å². The fraction of sp³-hybridized carbons (Fsp3) is 0.304. The number of carbonyl (C=O) groups is 1. The van der Waals surface area contributed by atoms with E-state index in [4.69, 9.17) is 4.74 Å². The smallest absolute Gasteiger partial charge is 0.259 e. The van der Waals surface area contributed by atoms with Crippen LogP contribution in [0.1, 0.15) is 40.3 Å². The molecule has 0 spiro atoms. The third kappa shape index (κ3) is 5.17. The van der Waals surface area contributed by atoms with Crippen LogP contribution in [0.4, 0.5) is 5.69 Å². The Morgan fingerprint density at radius 2 is 1.91 bits per heavy atom. The maximum atomic E-state index is 13.0. The first kappa shape index (κ1) is 22.4. The number of ether oxygens (including phenoxy) is 1. The molecule has 1 aliphatic heterocycles. The highest BCUT2D eigenvalue weighted by Crippen LogP contribution is 2.25. The lowest BCUT2D eigenvalue weighted by atomic mass is 10.2. The van der Waals surface area contributed by atoms with Crippen molar-refractivity contribution in [3.63, 3.8) is 0 Å². The molecule has 0 radical (unpaired) electrons. The number of piperidine rings is 1. The number of hydrogen-bond acceptors (Lipinski definition) is 6. The molecule has 168 valence electrons. The van der Waals surface area contributed by atoms with Gasteiger partial charge < -0.3 is 10.1 Å². The Balaban J connectivity index is 1.49. The van der Waals surface area contributed by atoms with Crippen molar-refractivity contribution in [1.29, 1.82) is 0 Å². The van der Waals surface area contributed by atoms with Crippen LogP contribution in [0.25, 0.3) is 0 Å². The van der Waals surface area contributed by atoms with E-state index in [1.165, 1.54) is 10.4 Å². The first-order valence-electron chi connectivity index (χ1n) is 10.5. The summed E-state index contributed by atoms with van der Waals surface area (Å²) >= 11 is 1.54. The van der Waals surface area contributed by atoms with Gasteiger partial charge in [0.15, 0.2) is 0 Å². The van der Waals surface area contributed by atoms with Crippen LogP contribution in [0, 0.1) is 6.92 Å². The SMILES string of the molecule is Cc1nc(COc2ccccc2C(=O)Nc2cccc(S(=O)(=O)N3CCCCC3)c2)cs1. The van der Waals surface area contributed by atoms with Crippen LogP contribution in [0.3, 0.4) is 0 Å². The van der Waals surface area contributed by atoms with Gasteiger partial charge in [0.25, 0.3) is 5.91 Å². The summed E-state index contributed by atoms with van der Waals surface area (Å²) in [6, 6.07) is 13.3. The fourth-order valence-corrected chi connectivity index (χ4v) is 5.75. The number of rotatable bonds is 7. The lowest BCUT2D eigenvalue weighted by Gasteiger charge is -2.26. The highest BCUT2D eigenvalue weighted by Gasteiger charge is 2.26. The van der Waals surface area contributed by atoms with Crippen molar-refractivity contribution in [2.24, 2.45) is 0 Å². The van der Waals surface area contributed by atoms with Gasteiger partial charge in [-0.1, -0.05) is 24.6 Å². The van der Waals surface area contributed by atoms with Crippen molar-refractivity contribution in [3.8, 4) is 5.75 Å². The molecule has 0 unspecified atom stereocenters. The van der Waals surface area contributed by atoms with Gasteiger partial charge >= 0.3 is 0 Å². The maximum Gasteiger partial charge on any atom is 0.259 e. The number of sulfonamides is 1.